The Hall–Kier alpha value is -4.13. The molecule has 0 bridgehead atoms. The third-order valence-corrected chi connectivity index (χ3v) is 4.42. The highest BCUT2D eigenvalue weighted by Gasteiger charge is 2.14. The Morgan fingerprint density at radius 2 is 1.68 bits per heavy atom. The van der Waals surface area contributed by atoms with Crippen molar-refractivity contribution in [2.75, 3.05) is 14.2 Å². The van der Waals surface area contributed by atoms with Crippen LogP contribution >= 0.6 is 0 Å². The second kappa shape index (κ2) is 10.6. The number of methoxy groups -OCH3 is 1. The van der Waals surface area contributed by atoms with Crippen LogP contribution in [-0.2, 0) is 6.54 Å². The van der Waals surface area contributed by atoms with Crippen LogP contribution in [0.1, 0.15) is 5.56 Å². The maximum atomic E-state index is 6.12. The van der Waals surface area contributed by atoms with Gasteiger partial charge in [0, 0.05) is 37.1 Å². The Morgan fingerprint density at radius 1 is 1.03 bits per heavy atom. The van der Waals surface area contributed by atoms with Gasteiger partial charge in [-0.2, -0.15) is 0 Å². The van der Waals surface area contributed by atoms with E-state index in [4.69, 9.17) is 15.2 Å². The Kier molecular flexibility index (Phi) is 7.37. The van der Waals surface area contributed by atoms with Gasteiger partial charge in [-0.1, -0.05) is 36.9 Å². The first kappa shape index (κ1) is 21.6. The molecule has 0 spiro atoms. The van der Waals surface area contributed by atoms with Crippen molar-refractivity contribution in [2.45, 2.75) is 6.54 Å². The third-order valence-electron chi connectivity index (χ3n) is 4.42. The van der Waals surface area contributed by atoms with E-state index < -0.39 is 0 Å². The van der Waals surface area contributed by atoms with Crippen molar-refractivity contribution in [1.29, 1.82) is 0 Å². The van der Waals surface area contributed by atoms with Crippen LogP contribution in [0, 0.1) is 0 Å². The van der Waals surface area contributed by atoms with E-state index in [0.717, 1.165) is 16.7 Å². The molecule has 0 fully saturated rings. The number of ether oxygens (including phenoxy) is 2. The molecular weight excluding hydrogens is 390 g/mol. The molecule has 158 valence electrons. The molecule has 7 heteroatoms. The van der Waals surface area contributed by atoms with Crippen LogP contribution < -0.4 is 15.2 Å². The lowest BCUT2D eigenvalue weighted by atomic mass is 10.1. The molecule has 0 radical (unpaired) electrons. The highest BCUT2D eigenvalue weighted by molar-refractivity contribution is 5.78. The minimum Gasteiger partial charge on any atom is -0.481 e. The Labute approximate surface area is 182 Å². The average molecular weight is 415 g/mol. The fourth-order valence-electron chi connectivity index (χ4n) is 2.83. The molecule has 31 heavy (non-hydrogen) atoms. The van der Waals surface area contributed by atoms with Crippen LogP contribution in [0.4, 0.5) is 0 Å². The van der Waals surface area contributed by atoms with E-state index in [1.54, 1.807) is 25.6 Å². The molecule has 0 aliphatic heterocycles. The quantitative estimate of drug-likeness (QED) is 0.259. The third kappa shape index (κ3) is 5.70. The molecule has 2 N–H and O–H groups in total. The van der Waals surface area contributed by atoms with Crippen LogP contribution in [0.3, 0.4) is 0 Å². The van der Waals surface area contributed by atoms with E-state index in [-0.39, 0.29) is 0 Å². The summed E-state index contributed by atoms with van der Waals surface area (Å²) in [6.45, 7) is 4.44. The van der Waals surface area contributed by atoms with E-state index in [0.29, 0.717) is 30.0 Å². The Morgan fingerprint density at radius 3 is 2.32 bits per heavy atom. The molecule has 0 saturated heterocycles. The number of allylic oxidation sites excluding steroid dienone is 1. The summed E-state index contributed by atoms with van der Waals surface area (Å²) in [7, 11) is 3.45. The van der Waals surface area contributed by atoms with Crippen LogP contribution in [0.25, 0.3) is 11.1 Å². The predicted octanol–water partition coefficient (Wildman–Crippen LogP) is 4.01. The van der Waals surface area contributed by atoms with Crippen molar-refractivity contribution in [3.05, 3.63) is 97.2 Å². The van der Waals surface area contributed by atoms with Crippen molar-refractivity contribution in [3.8, 4) is 22.9 Å². The summed E-state index contributed by atoms with van der Waals surface area (Å²) >= 11 is 0. The summed E-state index contributed by atoms with van der Waals surface area (Å²) in [4.78, 5) is 14.8. The van der Waals surface area contributed by atoms with Gasteiger partial charge in [0.1, 0.15) is 5.76 Å². The van der Waals surface area contributed by atoms with Crippen molar-refractivity contribution in [3.63, 3.8) is 0 Å². The highest BCUT2D eigenvalue weighted by atomic mass is 16.5. The van der Waals surface area contributed by atoms with Gasteiger partial charge in [-0.15, -0.1) is 0 Å². The minimum absolute atomic E-state index is 0.349. The molecule has 3 aromatic rings. The van der Waals surface area contributed by atoms with Crippen molar-refractivity contribution >= 4 is 5.96 Å². The van der Waals surface area contributed by atoms with E-state index in [9.17, 15) is 0 Å². The van der Waals surface area contributed by atoms with Gasteiger partial charge in [0.2, 0.25) is 11.8 Å². The van der Waals surface area contributed by atoms with Crippen LogP contribution in [-0.4, -0.2) is 35.0 Å². The number of rotatable bonds is 8. The molecular formula is C24H25N5O2. The van der Waals surface area contributed by atoms with Crippen molar-refractivity contribution < 1.29 is 9.47 Å². The summed E-state index contributed by atoms with van der Waals surface area (Å²) in [6.07, 6.45) is 6.38. The number of nitrogens with two attached hydrogens (primary N) is 1. The highest BCUT2D eigenvalue weighted by Crippen LogP contribution is 2.34. The van der Waals surface area contributed by atoms with Crippen molar-refractivity contribution in [1.82, 2.24) is 14.9 Å². The first-order valence-electron chi connectivity index (χ1n) is 9.65. The molecule has 1 aromatic carbocycles. The molecule has 0 saturated carbocycles. The fraction of sp³-hybridized carbons (Fsp3) is 0.125. The maximum Gasteiger partial charge on any atom is 0.227 e. The number of guanidine groups is 1. The van der Waals surface area contributed by atoms with Crippen LogP contribution in [0.5, 0.6) is 11.8 Å². The van der Waals surface area contributed by atoms with E-state index in [1.165, 1.54) is 6.20 Å². The lowest BCUT2D eigenvalue weighted by Crippen LogP contribution is -2.33. The van der Waals surface area contributed by atoms with Gasteiger partial charge < -0.3 is 20.1 Å². The number of pyridine rings is 2. The molecule has 7 nitrogen and oxygen atoms in total. The predicted molar refractivity (Wildman–Crippen MR) is 122 cm³/mol. The second-order valence-electron chi connectivity index (χ2n) is 6.58. The normalized spacial score (nSPS) is 11.7. The number of benzene rings is 1. The first-order valence-corrected chi connectivity index (χ1v) is 9.65. The summed E-state index contributed by atoms with van der Waals surface area (Å²) in [5, 5.41) is 0. The molecule has 0 aliphatic rings. The molecule has 2 aromatic heterocycles. The lowest BCUT2D eigenvalue weighted by molar-refractivity contribution is 0.398. The number of hydrogen-bond donors (Lipinski definition) is 1. The van der Waals surface area contributed by atoms with Gasteiger partial charge in [0.15, 0.2) is 5.96 Å². The molecule has 0 amide bonds. The zero-order chi connectivity index (χ0) is 22.1. The zero-order valence-corrected chi connectivity index (χ0v) is 17.6. The van der Waals surface area contributed by atoms with Crippen LogP contribution in [0.2, 0.25) is 0 Å². The summed E-state index contributed by atoms with van der Waals surface area (Å²) < 4.78 is 11.3. The molecule has 0 atom stereocenters. The van der Waals surface area contributed by atoms with E-state index >= 15 is 0 Å². The van der Waals surface area contributed by atoms with Gasteiger partial charge in [0.05, 0.1) is 13.3 Å². The SMILES string of the molecule is C=C/C(=C\N=C(N)N(C)Cc1ccccc1)Oc1ncccc1-c1cccnc1OC. The number of aliphatic imine (C=N–C) groups is 1. The molecule has 0 unspecified atom stereocenters. The van der Waals surface area contributed by atoms with E-state index in [1.807, 2.05) is 66.5 Å². The maximum absolute atomic E-state index is 6.12. The van der Waals surface area contributed by atoms with Gasteiger partial charge >= 0.3 is 0 Å². The van der Waals surface area contributed by atoms with Gasteiger partial charge in [-0.3, -0.25) is 0 Å². The molecule has 3 rings (SSSR count). The Balaban J connectivity index is 1.80. The summed E-state index contributed by atoms with van der Waals surface area (Å²) in [6, 6.07) is 17.4. The number of aromatic nitrogens is 2. The molecule has 0 aliphatic carbocycles. The topological polar surface area (TPSA) is 85.9 Å². The lowest BCUT2D eigenvalue weighted by Gasteiger charge is -2.17. The smallest absolute Gasteiger partial charge is 0.227 e. The number of nitrogens with zero attached hydrogens (tertiary/aromatic N) is 4. The summed E-state index contributed by atoms with van der Waals surface area (Å²) in [5.74, 6) is 1.61. The van der Waals surface area contributed by atoms with Crippen LogP contribution in [0.15, 0.2) is 96.6 Å². The molecule has 2 heterocycles. The zero-order valence-electron chi connectivity index (χ0n) is 17.6. The minimum atomic E-state index is 0.349. The van der Waals surface area contributed by atoms with Gasteiger partial charge in [-0.05, 0) is 35.9 Å². The fourth-order valence-corrected chi connectivity index (χ4v) is 2.83. The van der Waals surface area contributed by atoms with Gasteiger partial charge in [-0.25, -0.2) is 15.0 Å². The Bertz CT molecular complexity index is 1080. The first-order chi connectivity index (χ1) is 15.1. The standard InChI is InChI=1S/C24H25N5O2/c1-4-19(16-28-24(25)29(2)17-18-10-6-5-7-11-18)31-23-21(13-9-15-27-23)20-12-8-14-26-22(20)30-3/h4-16H,1,17H2,2-3H3,(H2,25,28)/b19-16+. The van der Waals surface area contributed by atoms with E-state index in [2.05, 4.69) is 21.5 Å². The summed E-state index contributed by atoms with van der Waals surface area (Å²) in [5.41, 5.74) is 8.76. The second-order valence-corrected chi connectivity index (χ2v) is 6.58. The average Bonchev–Trinajstić information content (AvgIpc) is 2.82. The number of hydrogen-bond acceptors (Lipinski definition) is 5. The van der Waals surface area contributed by atoms with Gasteiger partial charge in [0.25, 0.3) is 0 Å². The largest absolute Gasteiger partial charge is 0.481 e. The van der Waals surface area contributed by atoms with Crippen molar-refractivity contribution in [2.24, 2.45) is 10.7 Å². The monoisotopic (exact) mass is 415 g/mol.